The average Bonchev–Trinajstić information content (AvgIpc) is 3.28. The van der Waals surface area contributed by atoms with Gasteiger partial charge in [0.05, 0.1) is 0 Å². The van der Waals surface area contributed by atoms with E-state index in [1.54, 1.807) is 0 Å². The molecule has 0 aliphatic carbocycles. The van der Waals surface area contributed by atoms with E-state index in [9.17, 15) is 14.4 Å². The van der Waals surface area contributed by atoms with Crippen LogP contribution in [0.1, 0.15) is 252 Å². The third-order valence-corrected chi connectivity index (χ3v) is 11.2. The van der Waals surface area contributed by atoms with Gasteiger partial charge < -0.3 is 14.2 Å². The Balaban J connectivity index is 4.06. The van der Waals surface area contributed by atoms with Crippen LogP contribution in [-0.2, 0) is 28.6 Å². The Morgan fingerprint density at radius 2 is 0.651 bits per heavy atom. The van der Waals surface area contributed by atoms with Crippen molar-refractivity contribution < 1.29 is 28.6 Å². The fourth-order valence-corrected chi connectivity index (χ4v) is 7.25. The van der Waals surface area contributed by atoms with Gasteiger partial charge in [0.15, 0.2) is 6.10 Å². The Labute approximate surface area is 389 Å². The van der Waals surface area contributed by atoms with Gasteiger partial charge >= 0.3 is 17.9 Å². The third-order valence-electron chi connectivity index (χ3n) is 11.2. The van der Waals surface area contributed by atoms with E-state index < -0.39 is 12.1 Å². The molecule has 1 atom stereocenters. The molecule has 6 heteroatoms. The lowest BCUT2D eigenvalue weighted by atomic mass is 10.0. The number of unbranched alkanes of at least 4 members (excludes halogenated alkanes) is 24. The van der Waals surface area contributed by atoms with Crippen LogP contribution in [0.4, 0.5) is 0 Å². The van der Waals surface area contributed by atoms with E-state index in [2.05, 4.69) is 81.5 Å². The maximum atomic E-state index is 12.7. The number of ether oxygens (including phenoxy) is 3. The smallest absolute Gasteiger partial charge is 0.306 e. The van der Waals surface area contributed by atoms with Gasteiger partial charge in [0.1, 0.15) is 13.2 Å². The van der Waals surface area contributed by atoms with Crippen molar-refractivity contribution in [1.29, 1.82) is 0 Å². The molecule has 0 amide bonds. The number of carbonyl (C=O) groups excluding carboxylic acids is 3. The van der Waals surface area contributed by atoms with Crippen molar-refractivity contribution in [2.75, 3.05) is 13.2 Å². The van der Waals surface area contributed by atoms with Gasteiger partial charge in [-0.05, 0) is 77.0 Å². The fraction of sp³-hybridized carbons (Fsp3) is 0.737. The van der Waals surface area contributed by atoms with Crippen LogP contribution in [0.15, 0.2) is 72.9 Å². The second-order valence-electron chi connectivity index (χ2n) is 17.4. The first-order valence-electron chi connectivity index (χ1n) is 26.4. The summed E-state index contributed by atoms with van der Waals surface area (Å²) in [4.78, 5) is 37.6. The zero-order valence-electron chi connectivity index (χ0n) is 41.3. The zero-order valence-corrected chi connectivity index (χ0v) is 41.3. The lowest BCUT2D eigenvalue weighted by molar-refractivity contribution is -0.166. The summed E-state index contributed by atoms with van der Waals surface area (Å²) in [5, 5.41) is 0. The van der Waals surface area contributed by atoms with E-state index in [1.165, 1.54) is 122 Å². The third kappa shape index (κ3) is 49.7. The Kier molecular flexibility index (Phi) is 48.9. The van der Waals surface area contributed by atoms with Crippen LogP contribution in [0.5, 0.6) is 0 Å². The number of hydrogen-bond acceptors (Lipinski definition) is 6. The van der Waals surface area contributed by atoms with Crippen LogP contribution in [0.2, 0.25) is 0 Å². The minimum Gasteiger partial charge on any atom is -0.462 e. The van der Waals surface area contributed by atoms with Crippen LogP contribution < -0.4 is 0 Å². The van der Waals surface area contributed by atoms with Crippen molar-refractivity contribution in [1.82, 2.24) is 0 Å². The molecule has 63 heavy (non-hydrogen) atoms. The van der Waals surface area contributed by atoms with Gasteiger partial charge in [-0.1, -0.05) is 229 Å². The molecular weight excluding hydrogens is 781 g/mol. The molecule has 0 spiro atoms. The molecule has 0 saturated heterocycles. The van der Waals surface area contributed by atoms with Gasteiger partial charge in [-0.2, -0.15) is 0 Å². The molecule has 0 aliphatic heterocycles. The maximum absolute atomic E-state index is 12.7. The number of hydrogen-bond donors (Lipinski definition) is 0. The highest BCUT2D eigenvalue weighted by atomic mass is 16.6. The summed E-state index contributed by atoms with van der Waals surface area (Å²) < 4.78 is 16.6. The summed E-state index contributed by atoms with van der Waals surface area (Å²) in [5.41, 5.74) is 0. The number of esters is 3. The zero-order chi connectivity index (χ0) is 45.8. The summed E-state index contributed by atoms with van der Waals surface area (Å²) >= 11 is 0. The van der Waals surface area contributed by atoms with E-state index >= 15 is 0 Å². The standard InChI is InChI=1S/C57H98O6/c1-4-7-10-13-15-17-19-21-22-23-24-25-26-27-28-29-30-31-32-33-34-36-37-39-41-44-47-50-56(59)62-53-54(52-61-55(58)49-46-43-12-9-6-3)63-57(60)51-48-45-42-40-38-35-20-18-16-14-11-8-5-2/h8,11,16,18-19,21,23-24,35,38,42,45,54H,4-7,9-10,12-15,17,20,22,25-34,36-37,39-41,43-44,46-53H2,1-3H3/b11-8-,18-16-,21-19-,24-23-,38-35-,45-42-. The molecule has 0 fully saturated rings. The molecule has 0 aromatic heterocycles. The summed E-state index contributed by atoms with van der Waals surface area (Å²) in [7, 11) is 0. The van der Waals surface area contributed by atoms with Crippen molar-refractivity contribution in [2.24, 2.45) is 0 Å². The van der Waals surface area contributed by atoms with Gasteiger partial charge in [-0.25, -0.2) is 0 Å². The Morgan fingerprint density at radius 3 is 1.03 bits per heavy atom. The first-order chi connectivity index (χ1) is 31.0. The largest absolute Gasteiger partial charge is 0.462 e. The highest BCUT2D eigenvalue weighted by molar-refractivity contribution is 5.71. The van der Waals surface area contributed by atoms with E-state index in [0.717, 1.165) is 83.5 Å². The molecule has 0 rings (SSSR count). The minimum absolute atomic E-state index is 0.103. The Hall–Kier alpha value is -3.15. The number of carbonyl (C=O) groups is 3. The SMILES string of the molecule is CC/C=C\C/C=C\C/C=C\C/C=C\CCC(=O)OC(COC(=O)CCCCCCC)COC(=O)CCCCCCCCCCCCCCCCC/C=C\C/C=C\CCCCCCC. The molecule has 0 radical (unpaired) electrons. The summed E-state index contributed by atoms with van der Waals surface area (Å²) in [6.07, 6.45) is 65.3. The summed E-state index contributed by atoms with van der Waals surface area (Å²) in [6, 6.07) is 0. The highest BCUT2D eigenvalue weighted by Gasteiger charge is 2.19. The van der Waals surface area contributed by atoms with Crippen molar-refractivity contribution in [2.45, 2.75) is 258 Å². The van der Waals surface area contributed by atoms with Gasteiger partial charge in [-0.15, -0.1) is 0 Å². The molecule has 0 bridgehead atoms. The fourth-order valence-electron chi connectivity index (χ4n) is 7.25. The van der Waals surface area contributed by atoms with Crippen LogP contribution >= 0.6 is 0 Å². The maximum Gasteiger partial charge on any atom is 0.306 e. The molecule has 0 aromatic carbocycles. The Bertz CT molecular complexity index is 1190. The van der Waals surface area contributed by atoms with Gasteiger partial charge in [0.2, 0.25) is 0 Å². The van der Waals surface area contributed by atoms with Crippen molar-refractivity contribution >= 4 is 17.9 Å². The van der Waals surface area contributed by atoms with Crippen LogP contribution in [0.3, 0.4) is 0 Å². The number of allylic oxidation sites excluding steroid dienone is 12. The van der Waals surface area contributed by atoms with E-state index in [0.29, 0.717) is 19.3 Å². The van der Waals surface area contributed by atoms with Crippen LogP contribution in [-0.4, -0.2) is 37.2 Å². The topological polar surface area (TPSA) is 78.9 Å². The molecule has 1 unspecified atom stereocenters. The monoisotopic (exact) mass is 879 g/mol. The lowest BCUT2D eigenvalue weighted by Crippen LogP contribution is -2.30. The van der Waals surface area contributed by atoms with E-state index in [-0.39, 0.29) is 31.6 Å². The van der Waals surface area contributed by atoms with E-state index in [1.807, 2.05) is 12.2 Å². The second-order valence-corrected chi connectivity index (χ2v) is 17.4. The lowest BCUT2D eigenvalue weighted by Gasteiger charge is -2.18. The normalized spacial score (nSPS) is 12.6. The Morgan fingerprint density at radius 1 is 0.333 bits per heavy atom. The summed E-state index contributed by atoms with van der Waals surface area (Å²) in [5.74, 6) is -0.999. The number of rotatable bonds is 47. The van der Waals surface area contributed by atoms with Gasteiger partial charge in [0.25, 0.3) is 0 Å². The molecule has 0 aliphatic rings. The first kappa shape index (κ1) is 59.9. The summed E-state index contributed by atoms with van der Waals surface area (Å²) in [6.45, 7) is 6.36. The van der Waals surface area contributed by atoms with Gasteiger partial charge in [0, 0.05) is 19.3 Å². The van der Waals surface area contributed by atoms with Crippen molar-refractivity contribution in [3.63, 3.8) is 0 Å². The van der Waals surface area contributed by atoms with E-state index in [4.69, 9.17) is 14.2 Å². The molecule has 0 saturated carbocycles. The van der Waals surface area contributed by atoms with Crippen LogP contribution in [0, 0.1) is 0 Å². The molecule has 0 aromatic rings. The minimum atomic E-state index is -0.807. The molecule has 6 nitrogen and oxygen atoms in total. The van der Waals surface area contributed by atoms with Gasteiger partial charge in [-0.3, -0.25) is 14.4 Å². The average molecular weight is 879 g/mol. The molecule has 362 valence electrons. The van der Waals surface area contributed by atoms with Crippen molar-refractivity contribution in [3.8, 4) is 0 Å². The molecule has 0 heterocycles. The van der Waals surface area contributed by atoms with Crippen LogP contribution in [0.25, 0.3) is 0 Å². The quantitative estimate of drug-likeness (QED) is 0.0262. The molecule has 0 N–H and O–H groups in total. The predicted octanol–water partition coefficient (Wildman–Crippen LogP) is 17.4. The second kappa shape index (κ2) is 51.5. The highest BCUT2D eigenvalue weighted by Crippen LogP contribution is 2.15. The van der Waals surface area contributed by atoms with Crippen molar-refractivity contribution in [3.05, 3.63) is 72.9 Å². The predicted molar refractivity (Wildman–Crippen MR) is 270 cm³/mol. The molecular formula is C57H98O6. The first-order valence-corrected chi connectivity index (χ1v) is 26.4.